The quantitative estimate of drug-likeness (QED) is 0.780. The number of ether oxygens (including phenoxy) is 3. The van der Waals surface area contributed by atoms with E-state index in [1.807, 2.05) is 0 Å². The van der Waals surface area contributed by atoms with Crippen LogP contribution in [0, 0.1) is 11.3 Å². The molecule has 3 rings (SSSR count). The summed E-state index contributed by atoms with van der Waals surface area (Å²) in [5.74, 6) is -0.0957. The fourth-order valence-electron chi connectivity index (χ4n) is 3.98. The summed E-state index contributed by atoms with van der Waals surface area (Å²) < 4.78 is 16.3. The van der Waals surface area contributed by atoms with E-state index < -0.39 is 5.91 Å². The molecule has 1 aliphatic carbocycles. The predicted molar refractivity (Wildman–Crippen MR) is 95.6 cm³/mol. The number of hydrogen-bond donors (Lipinski definition) is 2. The highest BCUT2D eigenvalue weighted by Crippen LogP contribution is 2.52. The second kappa shape index (κ2) is 6.96. The van der Waals surface area contributed by atoms with E-state index in [4.69, 9.17) is 31.5 Å². The van der Waals surface area contributed by atoms with Crippen molar-refractivity contribution in [2.24, 2.45) is 17.1 Å². The summed E-state index contributed by atoms with van der Waals surface area (Å²) >= 11 is 6.21. The molecule has 0 spiro atoms. The molecule has 2 aliphatic rings. The standard InChI is InChI=1S/C18H23ClN2O5/c1-18(2)15(10-4-5-25-16(10)18)21-17(23)9-6-11(19)14(12(7-9)24-3)26-8-13(20)22/h6-7,10,15-16H,4-5,8H2,1-3H3,(H2,20,22)(H,21,23). The van der Waals surface area contributed by atoms with Crippen molar-refractivity contribution in [2.75, 3.05) is 20.3 Å². The van der Waals surface area contributed by atoms with Gasteiger partial charge in [0.25, 0.3) is 11.8 Å². The van der Waals surface area contributed by atoms with E-state index in [-0.39, 0.29) is 46.6 Å². The zero-order valence-electron chi connectivity index (χ0n) is 15.0. The molecule has 142 valence electrons. The Bertz CT molecular complexity index is 737. The second-order valence-corrected chi connectivity index (χ2v) is 7.67. The summed E-state index contributed by atoms with van der Waals surface area (Å²) in [7, 11) is 1.43. The first-order chi connectivity index (χ1) is 12.3. The third-order valence-electron chi connectivity index (χ3n) is 5.24. The first-order valence-electron chi connectivity index (χ1n) is 8.46. The number of hydrogen-bond acceptors (Lipinski definition) is 5. The van der Waals surface area contributed by atoms with Crippen molar-refractivity contribution < 1.29 is 23.8 Å². The summed E-state index contributed by atoms with van der Waals surface area (Å²) in [6, 6.07) is 3.06. The first-order valence-corrected chi connectivity index (χ1v) is 8.84. The lowest BCUT2D eigenvalue weighted by Gasteiger charge is -2.54. The van der Waals surface area contributed by atoms with E-state index in [0.717, 1.165) is 13.0 Å². The van der Waals surface area contributed by atoms with Crippen LogP contribution in [0.4, 0.5) is 0 Å². The fourth-order valence-corrected chi connectivity index (χ4v) is 4.24. The lowest BCUT2D eigenvalue weighted by molar-refractivity contribution is -0.119. The molecule has 1 saturated carbocycles. The summed E-state index contributed by atoms with van der Waals surface area (Å²) in [6.45, 7) is 4.59. The molecule has 1 saturated heterocycles. The summed E-state index contributed by atoms with van der Waals surface area (Å²) in [5.41, 5.74) is 5.32. The van der Waals surface area contributed by atoms with E-state index in [2.05, 4.69) is 19.2 Å². The maximum atomic E-state index is 12.7. The molecule has 3 atom stereocenters. The van der Waals surface area contributed by atoms with Crippen LogP contribution in [-0.4, -0.2) is 44.3 Å². The maximum Gasteiger partial charge on any atom is 0.255 e. The SMILES string of the molecule is COc1cc(C(=O)NC2C3CCOC3C2(C)C)cc(Cl)c1OCC(N)=O. The molecule has 1 heterocycles. The zero-order valence-corrected chi connectivity index (χ0v) is 15.8. The fraction of sp³-hybridized carbons (Fsp3) is 0.556. The van der Waals surface area contributed by atoms with Crippen molar-refractivity contribution in [1.29, 1.82) is 0 Å². The van der Waals surface area contributed by atoms with Gasteiger partial charge in [0, 0.05) is 29.5 Å². The molecule has 8 heteroatoms. The molecule has 0 bridgehead atoms. The summed E-state index contributed by atoms with van der Waals surface area (Å²) in [5, 5.41) is 3.27. The Morgan fingerprint density at radius 3 is 2.81 bits per heavy atom. The van der Waals surface area contributed by atoms with Crippen molar-refractivity contribution in [3.63, 3.8) is 0 Å². The molecule has 2 amide bonds. The highest BCUT2D eigenvalue weighted by atomic mass is 35.5. The monoisotopic (exact) mass is 382 g/mol. The van der Waals surface area contributed by atoms with E-state index in [1.54, 1.807) is 0 Å². The first kappa shape index (κ1) is 18.8. The van der Waals surface area contributed by atoms with Crippen LogP contribution in [-0.2, 0) is 9.53 Å². The number of primary amides is 1. The van der Waals surface area contributed by atoms with Crippen molar-refractivity contribution in [3.8, 4) is 11.5 Å². The van der Waals surface area contributed by atoms with Crippen LogP contribution in [0.5, 0.6) is 11.5 Å². The van der Waals surface area contributed by atoms with Gasteiger partial charge in [0.15, 0.2) is 18.1 Å². The molecular formula is C18H23ClN2O5. The predicted octanol–water partition coefficient (Wildman–Crippen LogP) is 1.76. The highest BCUT2D eigenvalue weighted by molar-refractivity contribution is 6.32. The molecule has 0 aromatic heterocycles. The van der Waals surface area contributed by atoms with Gasteiger partial charge in [-0.2, -0.15) is 0 Å². The lowest BCUT2D eigenvalue weighted by atomic mass is 9.57. The Hall–Kier alpha value is -1.99. The number of carbonyl (C=O) groups excluding carboxylic acids is 2. The van der Waals surface area contributed by atoms with Gasteiger partial charge in [0.1, 0.15) is 0 Å². The molecule has 1 aromatic rings. The van der Waals surface area contributed by atoms with Crippen molar-refractivity contribution >= 4 is 23.4 Å². The van der Waals surface area contributed by atoms with Gasteiger partial charge in [-0.05, 0) is 18.6 Å². The molecule has 7 nitrogen and oxygen atoms in total. The molecule has 1 aromatic carbocycles. The number of halogens is 1. The molecule has 1 aliphatic heterocycles. The highest BCUT2D eigenvalue weighted by Gasteiger charge is 2.59. The Labute approximate surface area is 157 Å². The van der Waals surface area contributed by atoms with Crippen molar-refractivity contribution in [1.82, 2.24) is 5.32 Å². The molecule has 26 heavy (non-hydrogen) atoms. The average molecular weight is 383 g/mol. The Kier molecular flexibility index (Phi) is 5.03. The second-order valence-electron chi connectivity index (χ2n) is 7.26. The lowest BCUT2D eigenvalue weighted by Crippen LogP contribution is -2.66. The van der Waals surface area contributed by atoms with Crippen LogP contribution >= 0.6 is 11.6 Å². The number of benzene rings is 1. The van der Waals surface area contributed by atoms with E-state index >= 15 is 0 Å². The number of carbonyl (C=O) groups is 2. The largest absolute Gasteiger partial charge is 0.493 e. The van der Waals surface area contributed by atoms with Gasteiger partial charge < -0.3 is 25.3 Å². The van der Waals surface area contributed by atoms with Crippen LogP contribution in [0.2, 0.25) is 5.02 Å². The minimum Gasteiger partial charge on any atom is -0.493 e. The van der Waals surface area contributed by atoms with Crippen molar-refractivity contribution in [3.05, 3.63) is 22.7 Å². The third-order valence-corrected chi connectivity index (χ3v) is 5.52. The average Bonchev–Trinajstić information content (AvgIpc) is 3.04. The Morgan fingerprint density at radius 1 is 1.42 bits per heavy atom. The van der Waals surface area contributed by atoms with Gasteiger partial charge in [-0.15, -0.1) is 0 Å². The molecule has 2 fully saturated rings. The minimum absolute atomic E-state index is 0.0399. The van der Waals surface area contributed by atoms with Gasteiger partial charge >= 0.3 is 0 Å². The third kappa shape index (κ3) is 3.21. The zero-order chi connectivity index (χ0) is 19.1. The molecule has 3 unspecified atom stereocenters. The number of amides is 2. The molecule has 3 N–H and O–H groups in total. The van der Waals surface area contributed by atoms with E-state index in [9.17, 15) is 9.59 Å². The van der Waals surface area contributed by atoms with Gasteiger partial charge in [-0.25, -0.2) is 0 Å². The van der Waals surface area contributed by atoms with Gasteiger partial charge in [-0.1, -0.05) is 25.4 Å². The van der Waals surface area contributed by atoms with E-state index in [1.165, 1.54) is 19.2 Å². The number of methoxy groups -OCH3 is 1. The van der Waals surface area contributed by atoms with Crippen LogP contribution in [0.25, 0.3) is 0 Å². The summed E-state index contributed by atoms with van der Waals surface area (Å²) in [6.07, 6.45) is 1.14. The Balaban J connectivity index is 1.77. The van der Waals surface area contributed by atoms with Crippen LogP contribution in [0.15, 0.2) is 12.1 Å². The van der Waals surface area contributed by atoms with Gasteiger partial charge in [-0.3, -0.25) is 9.59 Å². The number of nitrogens with two attached hydrogens (primary N) is 1. The topological polar surface area (TPSA) is 99.9 Å². The van der Waals surface area contributed by atoms with Crippen LogP contribution < -0.4 is 20.5 Å². The van der Waals surface area contributed by atoms with E-state index in [0.29, 0.717) is 11.5 Å². The molecule has 0 radical (unpaired) electrons. The van der Waals surface area contributed by atoms with Gasteiger partial charge in [0.05, 0.1) is 18.2 Å². The smallest absolute Gasteiger partial charge is 0.255 e. The Morgan fingerprint density at radius 2 is 2.15 bits per heavy atom. The van der Waals surface area contributed by atoms with Crippen molar-refractivity contribution in [2.45, 2.75) is 32.4 Å². The summed E-state index contributed by atoms with van der Waals surface area (Å²) in [4.78, 5) is 23.7. The molecular weight excluding hydrogens is 360 g/mol. The van der Waals surface area contributed by atoms with Crippen LogP contribution in [0.3, 0.4) is 0 Å². The maximum absolute atomic E-state index is 12.7. The van der Waals surface area contributed by atoms with Gasteiger partial charge in [0.2, 0.25) is 0 Å². The number of fused-ring (bicyclic) bond motifs is 1. The number of nitrogens with one attached hydrogen (secondary N) is 1. The normalized spacial score (nSPS) is 25.8. The minimum atomic E-state index is -0.634. The van der Waals surface area contributed by atoms with Crippen LogP contribution in [0.1, 0.15) is 30.6 Å². The number of rotatable bonds is 6.